The number of likely N-dealkylation sites (tertiary alicyclic amines) is 1. The molecule has 4 unspecified atom stereocenters. The van der Waals surface area contributed by atoms with Crippen molar-refractivity contribution in [2.24, 2.45) is 11.8 Å². The SMILES string of the molecule is CNC1CCN(C2CCCCC2C(C)C)C(C)C1. The molecule has 2 rings (SSSR count). The van der Waals surface area contributed by atoms with E-state index in [0.717, 1.165) is 30.0 Å². The molecule has 0 amide bonds. The normalized spacial score (nSPS) is 39.2. The summed E-state index contributed by atoms with van der Waals surface area (Å²) in [7, 11) is 2.12. The minimum absolute atomic E-state index is 0.748. The zero-order valence-corrected chi connectivity index (χ0v) is 12.8. The van der Waals surface area contributed by atoms with Crippen molar-refractivity contribution in [3.8, 4) is 0 Å². The molecule has 1 saturated heterocycles. The van der Waals surface area contributed by atoms with Gasteiger partial charge in [0, 0.05) is 24.7 Å². The van der Waals surface area contributed by atoms with E-state index in [0.29, 0.717) is 0 Å². The Balaban J connectivity index is 2.00. The lowest BCUT2D eigenvalue weighted by Crippen LogP contribution is -2.54. The van der Waals surface area contributed by atoms with Gasteiger partial charge in [0.05, 0.1) is 0 Å². The molecule has 0 spiro atoms. The molecule has 106 valence electrons. The molecule has 2 nitrogen and oxygen atoms in total. The van der Waals surface area contributed by atoms with Crippen LogP contribution in [0.15, 0.2) is 0 Å². The van der Waals surface area contributed by atoms with Crippen LogP contribution >= 0.6 is 0 Å². The van der Waals surface area contributed by atoms with Crippen molar-refractivity contribution >= 4 is 0 Å². The molecule has 1 aliphatic carbocycles. The van der Waals surface area contributed by atoms with Crippen LogP contribution in [0, 0.1) is 11.8 Å². The summed E-state index contributed by atoms with van der Waals surface area (Å²) in [5.41, 5.74) is 0. The van der Waals surface area contributed by atoms with Crippen LogP contribution in [0.2, 0.25) is 0 Å². The van der Waals surface area contributed by atoms with Crippen LogP contribution in [0.5, 0.6) is 0 Å². The monoisotopic (exact) mass is 252 g/mol. The first-order valence-electron chi connectivity index (χ1n) is 8.06. The van der Waals surface area contributed by atoms with Crippen molar-refractivity contribution in [2.75, 3.05) is 13.6 Å². The lowest BCUT2D eigenvalue weighted by molar-refractivity contribution is 0.0219. The summed E-state index contributed by atoms with van der Waals surface area (Å²) in [5.74, 6) is 1.79. The maximum absolute atomic E-state index is 3.47. The second kappa shape index (κ2) is 6.38. The first-order valence-corrected chi connectivity index (χ1v) is 8.06. The Bertz CT molecular complexity index is 251. The van der Waals surface area contributed by atoms with Gasteiger partial charge in [-0.15, -0.1) is 0 Å². The molecular formula is C16H32N2. The zero-order chi connectivity index (χ0) is 13.1. The van der Waals surface area contributed by atoms with E-state index in [-0.39, 0.29) is 0 Å². The molecule has 1 N–H and O–H groups in total. The van der Waals surface area contributed by atoms with Gasteiger partial charge in [0.1, 0.15) is 0 Å². The summed E-state index contributed by atoms with van der Waals surface area (Å²) in [4.78, 5) is 2.84. The third kappa shape index (κ3) is 3.08. The smallest absolute Gasteiger partial charge is 0.0129 e. The maximum atomic E-state index is 3.47. The van der Waals surface area contributed by atoms with Crippen molar-refractivity contribution in [1.29, 1.82) is 0 Å². The summed E-state index contributed by atoms with van der Waals surface area (Å²) in [5, 5.41) is 3.47. The van der Waals surface area contributed by atoms with Gasteiger partial charge in [-0.1, -0.05) is 26.7 Å². The molecule has 0 aromatic carbocycles. The summed E-state index contributed by atoms with van der Waals surface area (Å²) in [6, 6.07) is 2.38. The molecule has 0 bridgehead atoms. The molecule has 1 heterocycles. The van der Waals surface area contributed by atoms with Crippen molar-refractivity contribution in [1.82, 2.24) is 10.2 Å². The number of rotatable bonds is 3. The standard InChI is InChI=1S/C16H32N2/c1-12(2)15-7-5-6-8-16(15)18-10-9-14(17-4)11-13(18)3/h12-17H,5-11H2,1-4H3. The van der Waals surface area contributed by atoms with Gasteiger partial charge in [-0.25, -0.2) is 0 Å². The lowest BCUT2D eigenvalue weighted by atomic mass is 9.76. The van der Waals surface area contributed by atoms with Crippen molar-refractivity contribution < 1.29 is 0 Å². The van der Waals surface area contributed by atoms with E-state index in [4.69, 9.17) is 0 Å². The number of nitrogens with zero attached hydrogens (tertiary/aromatic N) is 1. The minimum atomic E-state index is 0.748. The molecule has 1 aliphatic heterocycles. The first-order chi connectivity index (χ1) is 8.63. The lowest BCUT2D eigenvalue weighted by Gasteiger charge is -2.48. The van der Waals surface area contributed by atoms with Crippen molar-refractivity contribution in [3.63, 3.8) is 0 Å². The molecule has 1 saturated carbocycles. The molecule has 0 radical (unpaired) electrons. The fourth-order valence-electron chi connectivity index (χ4n) is 4.27. The van der Waals surface area contributed by atoms with Gasteiger partial charge in [-0.05, 0) is 51.5 Å². The van der Waals surface area contributed by atoms with Gasteiger partial charge in [0.15, 0.2) is 0 Å². The highest BCUT2D eigenvalue weighted by atomic mass is 15.2. The summed E-state index contributed by atoms with van der Waals surface area (Å²) < 4.78 is 0. The Labute approximate surface area is 114 Å². The van der Waals surface area contributed by atoms with Crippen molar-refractivity contribution in [2.45, 2.75) is 77.4 Å². The fourth-order valence-corrected chi connectivity index (χ4v) is 4.27. The van der Waals surface area contributed by atoms with Crippen LogP contribution in [-0.4, -0.2) is 36.6 Å². The van der Waals surface area contributed by atoms with E-state index in [2.05, 4.69) is 38.0 Å². The Morgan fingerprint density at radius 1 is 1.11 bits per heavy atom. The van der Waals surface area contributed by atoms with E-state index in [1.54, 1.807) is 0 Å². The second-order valence-corrected chi connectivity index (χ2v) is 6.86. The predicted molar refractivity (Wildman–Crippen MR) is 78.8 cm³/mol. The number of hydrogen-bond donors (Lipinski definition) is 1. The quantitative estimate of drug-likeness (QED) is 0.829. The van der Waals surface area contributed by atoms with Gasteiger partial charge < -0.3 is 5.32 Å². The van der Waals surface area contributed by atoms with Gasteiger partial charge >= 0.3 is 0 Å². The molecule has 4 atom stereocenters. The highest BCUT2D eigenvalue weighted by molar-refractivity contribution is 4.91. The highest BCUT2D eigenvalue weighted by Gasteiger charge is 2.36. The van der Waals surface area contributed by atoms with Crippen LogP contribution in [0.1, 0.15) is 59.3 Å². The fraction of sp³-hybridized carbons (Fsp3) is 1.00. The van der Waals surface area contributed by atoms with Crippen molar-refractivity contribution in [3.05, 3.63) is 0 Å². The van der Waals surface area contributed by atoms with Crippen LogP contribution < -0.4 is 5.32 Å². The molecule has 0 aromatic rings. The van der Waals surface area contributed by atoms with Gasteiger partial charge in [-0.3, -0.25) is 4.90 Å². The van der Waals surface area contributed by atoms with E-state index in [1.165, 1.54) is 45.1 Å². The topological polar surface area (TPSA) is 15.3 Å². The molecule has 18 heavy (non-hydrogen) atoms. The molecule has 2 fully saturated rings. The van der Waals surface area contributed by atoms with E-state index < -0.39 is 0 Å². The minimum Gasteiger partial charge on any atom is -0.317 e. The largest absolute Gasteiger partial charge is 0.317 e. The van der Waals surface area contributed by atoms with E-state index in [9.17, 15) is 0 Å². The summed E-state index contributed by atoms with van der Waals surface area (Å²) in [6.45, 7) is 8.60. The summed E-state index contributed by atoms with van der Waals surface area (Å²) >= 11 is 0. The molecule has 0 aromatic heterocycles. The average molecular weight is 252 g/mol. The molecular weight excluding hydrogens is 220 g/mol. The first kappa shape index (κ1) is 14.3. The van der Waals surface area contributed by atoms with Crippen LogP contribution in [0.3, 0.4) is 0 Å². The second-order valence-electron chi connectivity index (χ2n) is 6.86. The summed E-state index contributed by atoms with van der Waals surface area (Å²) in [6.07, 6.45) is 8.48. The zero-order valence-electron chi connectivity index (χ0n) is 12.8. The van der Waals surface area contributed by atoms with E-state index in [1.807, 2.05) is 0 Å². The highest BCUT2D eigenvalue weighted by Crippen LogP contribution is 2.36. The predicted octanol–water partition coefficient (Wildman–Crippen LogP) is 3.27. The number of hydrogen-bond acceptors (Lipinski definition) is 2. The number of piperidine rings is 1. The van der Waals surface area contributed by atoms with Crippen LogP contribution in [0.25, 0.3) is 0 Å². The number of nitrogens with one attached hydrogen (secondary N) is 1. The maximum Gasteiger partial charge on any atom is 0.0129 e. The Hall–Kier alpha value is -0.0800. The Morgan fingerprint density at radius 3 is 2.44 bits per heavy atom. The van der Waals surface area contributed by atoms with Gasteiger partial charge in [-0.2, -0.15) is 0 Å². The third-order valence-corrected chi connectivity index (χ3v) is 5.40. The Morgan fingerprint density at radius 2 is 1.83 bits per heavy atom. The molecule has 2 aliphatic rings. The third-order valence-electron chi connectivity index (χ3n) is 5.40. The van der Waals surface area contributed by atoms with Gasteiger partial charge in [0.25, 0.3) is 0 Å². The average Bonchev–Trinajstić information content (AvgIpc) is 2.38. The van der Waals surface area contributed by atoms with E-state index >= 15 is 0 Å². The van der Waals surface area contributed by atoms with Crippen LogP contribution in [-0.2, 0) is 0 Å². The Kier molecular flexibility index (Phi) is 5.08. The van der Waals surface area contributed by atoms with Gasteiger partial charge in [0.2, 0.25) is 0 Å². The molecule has 2 heteroatoms. The van der Waals surface area contributed by atoms with Crippen LogP contribution in [0.4, 0.5) is 0 Å².